The second kappa shape index (κ2) is 7.39. The Labute approximate surface area is 185 Å². The van der Waals surface area contributed by atoms with Crippen molar-refractivity contribution >= 4 is 16.1 Å². The van der Waals surface area contributed by atoms with Crippen LogP contribution in [0.3, 0.4) is 0 Å². The van der Waals surface area contributed by atoms with Crippen LogP contribution in [0.4, 0.5) is 17.6 Å². The summed E-state index contributed by atoms with van der Waals surface area (Å²) in [6.45, 7) is 0. The number of fused-ring (bicyclic) bond motifs is 1. The van der Waals surface area contributed by atoms with E-state index in [9.17, 15) is 35.3 Å². The molecule has 0 saturated heterocycles. The Bertz CT molecular complexity index is 1360. The Morgan fingerprint density at radius 1 is 0.818 bits per heavy atom. The van der Waals surface area contributed by atoms with Gasteiger partial charge in [-0.2, -0.15) is 8.78 Å². The van der Waals surface area contributed by atoms with E-state index in [1.54, 1.807) is 12.1 Å². The van der Waals surface area contributed by atoms with Crippen LogP contribution in [0, 0.1) is 29.2 Å². The minimum Gasteiger partial charge on any atom is -0.744 e. The van der Waals surface area contributed by atoms with Crippen molar-refractivity contribution in [3.63, 3.8) is 0 Å². The van der Waals surface area contributed by atoms with Gasteiger partial charge in [-0.05, 0) is 28.7 Å². The van der Waals surface area contributed by atoms with Crippen molar-refractivity contribution in [2.24, 2.45) is 5.92 Å². The lowest BCUT2D eigenvalue weighted by Gasteiger charge is -2.44. The molecular formula is C23H13F4O5S-. The number of rotatable bonds is 3. The van der Waals surface area contributed by atoms with E-state index in [1.165, 1.54) is 0 Å². The molecule has 3 aliphatic rings. The summed E-state index contributed by atoms with van der Waals surface area (Å²) in [5, 5.41) is 0. The van der Waals surface area contributed by atoms with E-state index in [1.807, 2.05) is 36.4 Å². The van der Waals surface area contributed by atoms with Gasteiger partial charge in [0.05, 0.1) is 5.92 Å². The highest BCUT2D eigenvalue weighted by molar-refractivity contribution is 7.85. The number of carbonyl (C=O) groups is 1. The molecule has 0 N–H and O–H groups in total. The van der Waals surface area contributed by atoms with Crippen molar-refractivity contribution in [3.05, 3.63) is 94.1 Å². The number of hydrogen-bond acceptors (Lipinski definition) is 5. The van der Waals surface area contributed by atoms with Crippen LogP contribution < -0.4 is 4.74 Å². The number of carbonyl (C=O) groups excluding carboxylic acids is 1. The molecule has 0 amide bonds. The maximum absolute atomic E-state index is 14.4. The normalized spacial score (nSPS) is 20.8. The third kappa shape index (κ3) is 3.16. The Morgan fingerprint density at radius 2 is 1.27 bits per heavy atom. The fourth-order valence-electron chi connectivity index (χ4n) is 4.94. The van der Waals surface area contributed by atoms with Gasteiger partial charge >= 0.3 is 5.97 Å². The second-order valence-electron chi connectivity index (χ2n) is 7.92. The van der Waals surface area contributed by atoms with Crippen LogP contribution in [-0.4, -0.2) is 18.9 Å². The van der Waals surface area contributed by atoms with Crippen LogP contribution in [0.1, 0.15) is 40.5 Å². The number of ether oxygens (including phenoxy) is 1. The van der Waals surface area contributed by atoms with E-state index in [0.717, 1.165) is 22.3 Å². The van der Waals surface area contributed by atoms with E-state index < -0.39 is 61.8 Å². The van der Waals surface area contributed by atoms with Gasteiger partial charge in [0, 0.05) is 11.8 Å². The predicted molar refractivity (Wildman–Crippen MR) is 105 cm³/mol. The fourth-order valence-corrected chi connectivity index (χ4v) is 5.56. The molecule has 10 heteroatoms. The fraction of sp³-hybridized carbons (Fsp3) is 0.174. The number of esters is 1. The van der Waals surface area contributed by atoms with E-state index in [2.05, 4.69) is 0 Å². The maximum atomic E-state index is 14.4. The molecule has 0 aliphatic heterocycles. The van der Waals surface area contributed by atoms with Crippen LogP contribution in [0.2, 0.25) is 0 Å². The second-order valence-corrected chi connectivity index (χ2v) is 9.24. The van der Waals surface area contributed by atoms with Gasteiger partial charge in [0.1, 0.15) is 15.0 Å². The first-order valence-corrected chi connectivity index (χ1v) is 11.2. The first-order valence-electron chi connectivity index (χ1n) is 9.82. The Morgan fingerprint density at radius 3 is 1.73 bits per heavy atom. The molecule has 0 aromatic heterocycles. The van der Waals surface area contributed by atoms with Crippen molar-refractivity contribution < 1.29 is 40.1 Å². The molecule has 1 unspecified atom stereocenters. The quantitative estimate of drug-likeness (QED) is 0.184. The molecule has 1 atom stereocenters. The summed E-state index contributed by atoms with van der Waals surface area (Å²) in [5.74, 6) is -14.0. The highest BCUT2D eigenvalue weighted by Gasteiger charge is 2.47. The van der Waals surface area contributed by atoms with Crippen molar-refractivity contribution in [2.45, 2.75) is 23.2 Å². The number of hydrogen-bond donors (Lipinski definition) is 0. The van der Waals surface area contributed by atoms with Crippen LogP contribution in [0.15, 0.2) is 53.4 Å². The largest absolute Gasteiger partial charge is 0.744 e. The topological polar surface area (TPSA) is 83.5 Å². The zero-order chi connectivity index (χ0) is 23.7. The van der Waals surface area contributed by atoms with Crippen LogP contribution >= 0.6 is 0 Å². The van der Waals surface area contributed by atoms with Crippen molar-refractivity contribution in [3.8, 4) is 5.75 Å². The summed E-state index contributed by atoms with van der Waals surface area (Å²) in [7, 11) is -5.87. The lowest BCUT2D eigenvalue weighted by Crippen LogP contribution is -2.38. The zero-order valence-electron chi connectivity index (χ0n) is 16.5. The van der Waals surface area contributed by atoms with E-state index in [0.29, 0.717) is 0 Å². The molecule has 5 nitrogen and oxygen atoms in total. The highest BCUT2D eigenvalue weighted by atomic mass is 32.2. The molecule has 0 spiro atoms. The lowest BCUT2D eigenvalue weighted by atomic mass is 9.59. The monoisotopic (exact) mass is 477 g/mol. The summed E-state index contributed by atoms with van der Waals surface area (Å²) >= 11 is 0. The minimum atomic E-state index is -5.87. The van der Waals surface area contributed by atoms with Gasteiger partial charge in [-0.3, -0.25) is 4.79 Å². The zero-order valence-corrected chi connectivity index (χ0v) is 17.3. The summed E-state index contributed by atoms with van der Waals surface area (Å²) in [6, 6.07) is 14.8. The van der Waals surface area contributed by atoms with Gasteiger partial charge in [-0.1, -0.05) is 48.5 Å². The van der Waals surface area contributed by atoms with Crippen LogP contribution in [0.5, 0.6) is 5.75 Å². The average molecular weight is 477 g/mol. The van der Waals surface area contributed by atoms with E-state index in [4.69, 9.17) is 4.74 Å². The third-order valence-electron chi connectivity index (χ3n) is 6.24. The SMILES string of the molecule is O=C(Oc1c(F)c(F)c(S(=O)(=O)[O-])c(F)c1F)C1CC2c3ccccc3C1c1ccccc12. The molecule has 0 heterocycles. The first-order chi connectivity index (χ1) is 15.6. The van der Waals surface area contributed by atoms with Gasteiger partial charge in [0.25, 0.3) is 0 Å². The molecule has 33 heavy (non-hydrogen) atoms. The Balaban J connectivity index is 1.57. The van der Waals surface area contributed by atoms with Crippen molar-refractivity contribution in [2.75, 3.05) is 0 Å². The van der Waals surface area contributed by atoms with Crippen LogP contribution in [0.25, 0.3) is 0 Å². The lowest BCUT2D eigenvalue weighted by molar-refractivity contribution is -0.140. The smallest absolute Gasteiger partial charge is 0.315 e. The molecule has 3 aromatic carbocycles. The predicted octanol–water partition coefficient (Wildman–Crippen LogP) is 4.35. The maximum Gasteiger partial charge on any atom is 0.315 e. The van der Waals surface area contributed by atoms with Gasteiger partial charge in [-0.15, -0.1) is 0 Å². The van der Waals surface area contributed by atoms with Gasteiger partial charge in [0.15, 0.2) is 11.6 Å². The van der Waals surface area contributed by atoms with E-state index >= 15 is 0 Å². The minimum absolute atomic E-state index is 0.198. The van der Waals surface area contributed by atoms with Gasteiger partial charge in [0.2, 0.25) is 17.4 Å². The summed E-state index contributed by atoms with van der Waals surface area (Å²) in [4.78, 5) is 10.7. The highest BCUT2D eigenvalue weighted by Crippen LogP contribution is 2.55. The molecule has 0 saturated carbocycles. The summed E-state index contributed by atoms with van der Waals surface area (Å²) in [5.41, 5.74) is 3.68. The average Bonchev–Trinajstić information content (AvgIpc) is 2.79. The third-order valence-corrected chi connectivity index (χ3v) is 7.10. The number of halogens is 4. The van der Waals surface area contributed by atoms with Crippen molar-refractivity contribution in [1.29, 1.82) is 0 Å². The molecule has 2 bridgehead atoms. The van der Waals surface area contributed by atoms with Gasteiger partial charge in [-0.25, -0.2) is 17.2 Å². The van der Waals surface area contributed by atoms with Crippen LogP contribution in [-0.2, 0) is 14.9 Å². The molecule has 3 aliphatic carbocycles. The van der Waals surface area contributed by atoms with Crippen molar-refractivity contribution in [1.82, 2.24) is 0 Å². The molecule has 0 radical (unpaired) electrons. The summed E-state index contributed by atoms with van der Waals surface area (Å²) < 4.78 is 94.7. The Hall–Kier alpha value is -3.24. The standard InChI is InChI=1S/C23H14F4O5S/c24-17-19(26)22(33(29,30)31)20(27)18(25)21(17)32-23(28)15-9-14-10-5-1-3-7-12(10)16(15)13-8-4-2-6-11(13)14/h1-8,14-16H,9H2,(H,29,30,31)/p-1. The molecule has 0 fully saturated rings. The molecule has 6 rings (SSSR count). The van der Waals surface area contributed by atoms with E-state index in [-0.39, 0.29) is 12.3 Å². The molecule has 170 valence electrons. The van der Waals surface area contributed by atoms with Gasteiger partial charge < -0.3 is 9.29 Å². The summed E-state index contributed by atoms with van der Waals surface area (Å²) in [6.07, 6.45) is 0.235. The molecule has 3 aromatic rings. The number of benzene rings is 3. The molecular weight excluding hydrogens is 464 g/mol. The Kier molecular flexibility index (Phi) is 4.84. The first kappa shape index (κ1) is 21.6.